The summed E-state index contributed by atoms with van der Waals surface area (Å²) in [6.45, 7) is 2.27. The first-order chi connectivity index (χ1) is 7.26. The van der Waals surface area contributed by atoms with Gasteiger partial charge in [-0.25, -0.2) is 0 Å². The summed E-state index contributed by atoms with van der Waals surface area (Å²) in [5.74, 6) is 0.721. The zero-order valence-electron chi connectivity index (χ0n) is 8.86. The van der Waals surface area contributed by atoms with E-state index in [0.29, 0.717) is 11.9 Å². The Morgan fingerprint density at radius 1 is 1.33 bits per heavy atom. The molecule has 0 unspecified atom stereocenters. The van der Waals surface area contributed by atoms with Crippen molar-refractivity contribution < 1.29 is 14.3 Å². The van der Waals surface area contributed by atoms with Crippen molar-refractivity contribution in [3.8, 4) is 5.75 Å². The molecule has 0 spiro atoms. The Bertz CT molecular complexity index is 308. The second kappa shape index (κ2) is 6.49. The van der Waals surface area contributed by atoms with E-state index in [4.69, 9.17) is 9.47 Å². The van der Waals surface area contributed by atoms with Crippen molar-refractivity contribution in [1.82, 2.24) is 0 Å². The average molecular weight is 273 g/mol. The zero-order valence-corrected chi connectivity index (χ0v) is 10.6. The molecule has 0 fully saturated rings. The number of hydrogen-bond acceptors (Lipinski definition) is 3. The molecule has 1 rings (SSSR count). The van der Waals surface area contributed by atoms with Gasteiger partial charge in [-0.2, -0.15) is 0 Å². The molecule has 1 aromatic carbocycles. The fourth-order valence-corrected chi connectivity index (χ4v) is 2.48. The van der Waals surface area contributed by atoms with Crippen LogP contribution in [0.2, 0.25) is 5.32 Å². The molecule has 1 aromatic rings. The molecule has 0 saturated carbocycles. The Labute approximate surface area is 95.9 Å². The van der Waals surface area contributed by atoms with Crippen LogP contribution in [-0.2, 0) is 9.53 Å². The first kappa shape index (κ1) is 12.1. The Morgan fingerprint density at radius 2 is 2.00 bits per heavy atom. The van der Waals surface area contributed by atoms with Gasteiger partial charge in [0, 0.05) is 0 Å². The van der Waals surface area contributed by atoms with Gasteiger partial charge in [0.15, 0.2) is 0 Å². The normalized spacial score (nSPS) is 9.73. The minimum absolute atomic E-state index is 0.117. The number of methoxy groups -OCH3 is 1. The molecule has 0 atom stereocenters. The van der Waals surface area contributed by atoms with Crippen molar-refractivity contribution in [2.75, 3.05) is 13.7 Å². The number of carbonyl (C=O) groups is 1. The molecule has 0 aromatic heterocycles. The van der Waals surface area contributed by atoms with E-state index in [2.05, 4.69) is 0 Å². The second-order valence-electron chi connectivity index (χ2n) is 2.77. The van der Waals surface area contributed by atoms with Crippen LogP contribution in [0.15, 0.2) is 24.3 Å². The molecule has 0 aliphatic heterocycles. The Kier molecular flexibility index (Phi) is 5.22. The van der Waals surface area contributed by atoms with Crippen LogP contribution in [0, 0.1) is 0 Å². The Morgan fingerprint density at radius 3 is 2.53 bits per heavy atom. The van der Waals surface area contributed by atoms with E-state index in [0.717, 1.165) is 5.75 Å². The van der Waals surface area contributed by atoms with E-state index in [-0.39, 0.29) is 20.9 Å². The molecule has 15 heavy (non-hydrogen) atoms. The van der Waals surface area contributed by atoms with Crippen LogP contribution in [0.25, 0.3) is 0 Å². The zero-order chi connectivity index (χ0) is 11.1. The maximum absolute atomic E-state index is 11.1. The number of benzene rings is 1. The van der Waals surface area contributed by atoms with Crippen LogP contribution in [-0.4, -0.2) is 34.6 Å². The summed E-state index contributed by atoms with van der Waals surface area (Å²) < 4.78 is 11.1. The summed E-state index contributed by atoms with van der Waals surface area (Å²) in [7, 11) is 1.64. The van der Waals surface area contributed by atoms with Crippen LogP contribution < -0.4 is 9.20 Å². The van der Waals surface area contributed by atoms with E-state index in [9.17, 15) is 4.79 Å². The first-order valence-electron chi connectivity index (χ1n) is 4.68. The third kappa shape index (κ3) is 4.36. The summed E-state index contributed by atoms with van der Waals surface area (Å²) in [5.41, 5.74) is 0. The fourth-order valence-electron chi connectivity index (χ4n) is 1.02. The van der Waals surface area contributed by atoms with Gasteiger partial charge in [-0.05, 0) is 0 Å². The molecule has 3 nitrogen and oxygen atoms in total. The van der Waals surface area contributed by atoms with Crippen LogP contribution in [0.5, 0.6) is 5.75 Å². The number of rotatable bonds is 5. The molecule has 0 aliphatic rings. The molecule has 82 valence electrons. The number of carbonyl (C=O) groups excluding carboxylic acids is 1. The van der Waals surface area contributed by atoms with Gasteiger partial charge in [0.05, 0.1) is 0 Å². The maximum atomic E-state index is 11.1. The Hall–Kier alpha value is -0.991. The quantitative estimate of drug-likeness (QED) is 0.593. The SMILES string of the molecule is CCOC(=O)C[Se]c1ccc(OC)cc1. The van der Waals surface area contributed by atoms with Crippen LogP contribution in [0.4, 0.5) is 0 Å². The predicted octanol–water partition coefficient (Wildman–Crippen LogP) is 1.01. The van der Waals surface area contributed by atoms with Gasteiger partial charge in [-0.1, -0.05) is 0 Å². The van der Waals surface area contributed by atoms with Crippen LogP contribution >= 0.6 is 0 Å². The van der Waals surface area contributed by atoms with Gasteiger partial charge in [0.2, 0.25) is 0 Å². The molecular formula is C11H14O3Se. The predicted molar refractivity (Wildman–Crippen MR) is 59.8 cm³/mol. The van der Waals surface area contributed by atoms with Crippen molar-refractivity contribution in [3.05, 3.63) is 24.3 Å². The molecule has 0 N–H and O–H groups in total. The van der Waals surface area contributed by atoms with Gasteiger partial charge in [0.25, 0.3) is 0 Å². The van der Waals surface area contributed by atoms with E-state index in [1.54, 1.807) is 7.11 Å². The van der Waals surface area contributed by atoms with Gasteiger partial charge >= 0.3 is 95.6 Å². The topological polar surface area (TPSA) is 35.5 Å². The van der Waals surface area contributed by atoms with Crippen LogP contribution in [0.3, 0.4) is 0 Å². The monoisotopic (exact) mass is 274 g/mol. The van der Waals surface area contributed by atoms with Crippen molar-refractivity contribution in [3.63, 3.8) is 0 Å². The fraction of sp³-hybridized carbons (Fsp3) is 0.364. The van der Waals surface area contributed by atoms with E-state index in [1.807, 2.05) is 31.2 Å². The third-order valence-electron chi connectivity index (χ3n) is 1.72. The van der Waals surface area contributed by atoms with Gasteiger partial charge in [-0.3, -0.25) is 0 Å². The standard InChI is InChI=1S/C11H14O3Se/c1-3-14-11(12)8-15-10-6-4-9(13-2)5-7-10/h4-7H,3,8H2,1-2H3. The molecule has 0 bridgehead atoms. The van der Waals surface area contributed by atoms with Crippen molar-refractivity contribution in [2.45, 2.75) is 12.2 Å². The average Bonchev–Trinajstić information content (AvgIpc) is 2.27. The van der Waals surface area contributed by atoms with Crippen LogP contribution in [0.1, 0.15) is 6.92 Å². The summed E-state index contributed by atoms with van der Waals surface area (Å²) in [6, 6.07) is 7.78. The molecule has 0 aliphatic carbocycles. The molecular weight excluding hydrogens is 259 g/mol. The molecule has 0 radical (unpaired) electrons. The first-order valence-corrected chi connectivity index (χ1v) is 6.75. The van der Waals surface area contributed by atoms with E-state index in [1.165, 1.54) is 4.46 Å². The molecule has 0 amide bonds. The van der Waals surface area contributed by atoms with E-state index >= 15 is 0 Å². The number of ether oxygens (including phenoxy) is 2. The summed E-state index contributed by atoms with van der Waals surface area (Å²) in [5, 5.41) is 0.493. The van der Waals surface area contributed by atoms with Crippen molar-refractivity contribution >= 4 is 25.4 Å². The van der Waals surface area contributed by atoms with Crippen molar-refractivity contribution in [2.24, 2.45) is 0 Å². The molecule has 0 heterocycles. The van der Waals surface area contributed by atoms with Gasteiger partial charge in [-0.15, -0.1) is 0 Å². The molecule has 0 saturated heterocycles. The van der Waals surface area contributed by atoms with Crippen molar-refractivity contribution in [1.29, 1.82) is 0 Å². The van der Waals surface area contributed by atoms with Gasteiger partial charge in [0.1, 0.15) is 0 Å². The second-order valence-corrected chi connectivity index (χ2v) is 4.97. The number of esters is 1. The summed E-state index contributed by atoms with van der Waals surface area (Å²) >= 11 is 0.151. The third-order valence-corrected chi connectivity index (χ3v) is 3.79. The Balaban J connectivity index is 2.40. The number of hydrogen-bond donors (Lipinski definition) is 0. The summed E-state index contributed by atoms with van der Waals surface area (Å²) in [6.07, 6.45) is 0. The minimum atomic E-state index is -0.117. The molecule has 4 heteroatoms. The summed E-state index contributed by atoms with van der Waals surface area (Å²) in [4.78, 5) is 11.1. The van der Waals surface area contributed by atoms with E-state index < -0.39 is 0 Å². The van der Waals surface area contributed by atoms with Gasteiger partial charge < -0.3 is 0 Å².